The number of aromatic nitrogens is 5. The molecule has 7 nitrogen and oxygen atoms in total. The number of fused-ring (bicyclic) bond motifs is 1. The first-order chi connectivity index (χ1) is 13.8. The molecule has 0 aliphatic heterocycles. The van der Waals surface area contributed by atoms with E-state index in [2.05, 4.69) is 25.5 Å². The lowest BCUT2D eigenvalue weighted by molar-refractivity contribution is 0.102. The molecule has 3 aromatic heterocycles. The molecule has 0 atom stereocenters. The van der Waals surface area contributed by atoms with Crippen LogP contribution in [0.4, 0.5) is 5.13 Å². The van der Waals surface area contributed by atoms with Crippen LogP contribution >= 0.6 is 11.3 Å². The van der Waals surface area contributed by atoms with Gasteiger partial charge in [0.1, 0.15) is 0 Å². The van der Waals surface area contributed by atoms with Crippen molar-refractivity contribution >= 4 is 33.3 Å². The van der Waals surface area contributed by atoms with Gasteiger partial charge >= 0.3 is 0 Å². The zero-order chi connectivity index (χ0) is 18.9. The average Bonchev–Trinajstić information content (AvgIpc) is 3.47. The maximum atomic E-state index is 12.5. The van der Waals surface area contributed by atoms with Crippen LogP contribution in [-0.4, -0.2) is 30.9 Å². The minimum absolute atomic E-state index is 0.229. The van der Waals surface area contributed by atoms with Crippen molar-refractivity contribution in [3.63, 3.8) is 0 Å². The number of carbonyl (C=O) groups excluding carboxylic acids is 1. The van der Waals surface area contributed by atoms with E-state index in [4.69, 9.17) is 0 Å². The zero-order valence-electron chi connectivity index (χ0n) is 14.5. The number of amides is 1. The summed E-state index contributed by atoms with van der Waals surface area (Å²) in [7, 11) is 0. The van der Waals surface area contributed by atoms with Crippen molar-refractivity contribution in [2.45, 2.75) is 0 Å². The summed E-state index contributed by atoms with van der Waals surface area (Å²) in [6.07, 6.45) is 3.37. The highest BCUT2D eigenvalue weighted by Gasteiger charge is 2.15. The van der Waals surface area contributed by atoms with Crippen LogP contribution < -0.4 is 5.32 Å². The Hall–Kier alpha value is -3.78. The second kappa shape index (κ2) is 6.75. The fourth-order valence-electron chi connectivity index (χ4n) is 2.95. The standard InChI is InChI=1S/C20H14N6OS/c27-19(17-11-22-26(25-17)13-6-2-1-3-7-13)24-20-23-18(12-28-20)15-10-21-16-9-5-4-8-14(15)16/h1-12,21H,(H,23,24,27). The quantitative estimate of drug-likeness (QED) is 0.486. The van der Waals surface area contributed by atoms with Crippen molar-refractivity contribution in [1.29, 1.82) is 0 Å². The van der Waals surface area contributed by atoms with Crippen molar-refractivity contribution in [1.82, 2.24) is 25.0 Å². The third kappa shape index (κ3) is 2.95. The van der Waals surface area contributed by atoms with Gasteiger partial charge in [0, 0.05) is 28.0 Å². The molecule has 0 aliphatic rings. The van der Waals surface area contributed by atoms with Crippen molar-refractivity contribution < 1.29 is 4.79 Å². The van der Waals surface area contributed by atoms with E-state index >= 15 is 0 Å². The normalized spacial score (nSPS) is 11.0. The van der Waals surface area contributed by atoms with Gasteiger partial charge in [0.2, 0.25) is 0 Å². The second-order valence-corrected chi connectivity index (χ2v) is 6.95. The Morgan fingerprint density at radius 2 is 1.89 bits per heavy atom. The zero-order valence-corrected chi connectivity index (χ0v) is 15.4. The van der Waals surface area contributed by atoms with Crippen LogP contribution in [0, 0.1) is 0 Å². The summed E-state index contributed by atoms with van der Waals surface area (Å²) in [6, 6.07) is 17.5. The molecular formula is C20H14N6OS. The van der Waals surface area contributed by atoms with Gasteiger partial charge in [-0.2, -0.15) is 9.90 Å². The number of H-pyrrole nitrogens is 1. The summed E-state index contributed by atoms with van der Waals surface area (Å²) in [6.45, 7) is 0. The Bertz CT molecular complexity index is 1270. The number of rotatable bonds is 4. The van der Waals surface area contributed by atoms with Gasteiger partial charge in [0.25, 0.3) is 5.91 Å². The molecule has 2 aromatic carbocycles. The van der Waals surface area contributed by atoms with Crippen LogP contribution in [0.2, 0.25) is 0 Å². The topological polar surface area (TPSA) is 88.5 Å². The summed E-state index contributed by atoms with van der Waals surface area (Å²) in [5.41, 5.74) is 3.88. The fraction of sp³-hybridized carbons (Fsp3) is 0. The molecular weight excluding hydrogens is 372 g/mol. The number of benzene rings is 2. The maximum Gasteiger partial charge on any atom is 0.279 e. The first-order valence-corrected chi connectivity index (χ1v) is 9.47. The lowest BCUT2D eigenvalue weighted by Gasteiger charge is -1.99. The van der Waals surface area contributed by atoms with Gasteiger partial charge in [-0.3, -0.25) is 10.1 Å². The second-order valence-electron chi connectivity index (χ2n) is 6.09. The minimum atomic E-state index is -0.345. The lowest BCUT2D eigenvalue weighted by atomic mass is 10.1. The number of hydrogen-bond donors (Lipinski definition) is 2. The van der Waals surface area contributed by atoms with Gasteiger partial charge in [-0.15, -0.1) is 16.4 Å². The van der Waals surface area contributed by atoms with Gasteiger partial charge in [0.15, 0.2) is 10.8 Å². The minimum Gasteiger partial charge on any atom is -0.360 e. The van der Waals surface area contributed by atoms with Crippen molar-refractivity contribution in [2.75, 3.05) is 5.32 Å². The molecule has 0 fully saturated rings. The number of thiazole rings is 1. The molecule has 8 heteroatoms. The lowest BCUT2D eigenvalue weighted by Crippen LogP contribution is -2.13. The molecule has 0 unspecified atom stereocenters. The molecule has 0 spiro atoms. The van der Waals surface area contributed by atoms with Crippen LogP contribution in [-0.2, 0) is 0 Å². The number of carbonyl (C=O) groups is 1. The van der Waals surface area contributed by atoms with E-state index in [-0.39, 0.29) is 11.6 Å². The van der Waals surface area contributed by atoms with E-state index in [9.17, 15) is 4.79 Å². The highest BCUT2D eigenvalue weighted by Crippen LogP contribution is 2.31. The average molecular weight is 386 g/mol. The number of nitrogens with zero attached hydrogens (tertiary/aromatic N) is 4. The molecule has 0 bridgehead atoms. The Labute approximate surface area is 163 Å². The van der Waals surface area contributed by atoms with Crippen LogP contribution in [0.5, 0.6) is 0 Å². The molecule has 0 radical (unpaired) electrons. The van der Waals surface area contributed by atoms with Crippen LogP contribution in [0.1, 0.15) is 10.5 Å². The molecule has 136 valence electrons. The van der Waals surface area contributed by atoms with E-state index in [0.29, 0.717) is 5.13 Å². The summed E-state index contributed by atoms with van der Waals surface area (Å²) in [4.78, 5) is 21.7. The van der Waals surface area contributed by atoms with E-state index in [1.54, 1.807) is 0 Å². The van der Waals surface area contributed by atoms with Crippen molar-refractivity contribution in [3.05, 3.63) is 78.1 Å². The fourth-order valence-corrected chi connectivity index (χ4v) is 3.66. The van der Waals surface area contributed by atoms with Crippen molar-refractivity contribution in [2.24, 2.45) is 0 Å². The first kappa shape index (κ1) is 16.4. The Kier molecular flexibility index (Phi) is 3.95. The smallest absolute Gasteiger partial charge is 0.279 e. The van der Waals surface area contributed by atoms with E-state index in [1.165, 1.54) is 22.3 Å². The highest BCUT2D eigenvalue weighted by atomic mass is 32.1. The van der Waals surface area contributed by atoms with Gasteiger partial charge in [-0.25, -0.2) is 4.98 Å². The SMILES string of the molecule is O=C(Nc1nc(-c2c[nH]c3ccccc23)cs1)c1cnn(-c2ccccc2)n1. The largest absolute Gasteiger partial charge is 0.360 e. The predicted molar refractivity (Wildman–Crippen MR) is 109 cm³/mol. The van der Waals surface area contributed by atoms with E-state index in [0.717, 1.165) is 27.8 Å². The molecule has 28 heavy (non-hydrogen) atoms. The van der Waals surface area contributed by atoms with Crippen LogP contribution in [0.25, 0.3) is 27.8 Å². The number of para-hydroxylation sites is 2. The first-order valence-electron chi connectivity index (χ1n) is 8.59. The Morgan fingerprint density at radius 3 is 2.79 bits per heavy atom. The summed E-state index contributed by atoms with van der Waals surface area (Å²) < 4.78 is 0. The Balaban J connectivity index is 1.36. The highest BCUT2D eigenvalue weighted by molar-refractivity contribution is 7.14. The van der Waals surface area contributed by atoms with Gasteiger partial charge in [0.05, 0.1) is 17.6 Å². The molecule has 2 N–H and O–H groups in total. The van der Waals surface area contributed by atoms with E-state index in [1.807, 2.05) is 66.2 Å². The molecule has 0 aliphatic carbocycles. The maximum absolute atomic E-state index is 12.5. The Morgan fingerprint density at radius 1 is 1.07 bits per heavy atom. The molecule has 0 saturated carbocycles. The predicted octanol–water partition coefficient (Wildman–Crippen LogP) is 4.12. The summed E-state index contributed by atoms with van der Waals surface area (Å²) in [5.74, 6) is -0.345. The molecule has 1 amide bonds. The number of aromatic amines is 1. The monoisotopic (exact) mass is 386 g/mol. The molecule has 5 aromatic rings. The van der Waals surface area contributed by atoms with Gasteiger partial charge in [-0.1, -0.05) is 36.4 Å². The van der Waals surface area contributed by atoms with Gasteiger partial charge < -0.3 is 4.98 Å². The van der Waals surface area contributed by atoms with Crippen molar-refractivity contribution in [3.8, 4) is 16.9 Å². The summed E-state index contributed by atoms with van der Waals surface area (Å²) >= 11 is 1.37. The van der Waals surface area contributed by atoms with Crippen LogP contribution in [0.15, 0.2) is 72.4 Å². The molecule has 0 saturated heterocycles. The summed E-state index contributed by atoms with van der Waals surface area (Å²) in [5, 5.41) is 14.7. The van der Waals surface area contributed by atoms with E-state index < -0.39 is 0 Å². The molecule has 3 heterocycles. The third-order valence-corrected chi connectivity index (χ3v) is 5.06. The number of hydrogen-bond acceptors (Lipinski definition) is 5. The number of anilines is 1. The molecule has 5 rings (SSSR count). The third-order valence-electron chi connectivity index (χ3n) is 4.30. The van der Waals surface area contributed by atoms with Gasteiger partial charge in [-0.05, 0) is 18.2 Å². The number of nitrogens with one attached hydrogen (secondary N) is 2. The van der Waals surface area contributed by atoms with Crippen LogP contribution in [0.3, 0.4) is 0 Å².